The summed E-state index contributed by atoms with van der Waals surface area (Å²) in [7, 11) is 0. The number of rotatable bonds is 18. The second kappa shape index (κ2) is 22.3. The predicted molar refractivity (Wildman–Crippen MR) is 145 cm³/mol. The van der Waals surface area contributed by atoms with E-state index < -0.39 is 0 Å². The number of carbonyl (C=O) groups is 1. The van der Waals surface area contributed by atoms with Crippen molar-refractivity contribution in [1.82, 2.24) is 5.32 Å². The fourth-order valence-electron chi connectivity index (χ4n) is 3.11. The highest BCUT2D eigenvalue weighted by molar-refractivity contribution is 5.75. The summed E-state index contributed by atoms with van der Waals surface area (Å²) in [5.74, 6) is 0.141. The molecule has 0 radical (unpaired) electrons. The highest BCUT2D eigenvalue weighted by atomic mass is 16.1. The van der Waals surface area contributed by atoms with E-state index in [2.05, 4.69) is 109 Å². The van der Waals surface area contributed by atoms with Gasteiger partial charge in [-0.15, -0.1) is 0 Å². The van der Waals surface area contributed by atoms with Gasteiger partial charge in [0, 0.05) is 13.0 Å². The predicted octanol–water partition coefficient (Wildman–Crippen LogP) is 8.21. The molecule has 0 saturated heterocycles. The van der Waals surface area contributed by atoms with Crippen molar-refractivity contribution < 1.29 is 4.79 Å². The van der Waals surface area contributed by atoms with Gasteiger partial charge in [0.1, 0.15) is 0 Å². The smallest absolute Gasteiger partial charge is 0.220 e. The lowest BCUT2D eigenvalue weighted by Gasteiger charge is -2.04. The second-order valence-corrected chi connectivity index (χ2v) is 7.89. The molecular weight excluding hydrogens is 402 g/mol. The van der Waals surface area contributed by atoms with Crippen molar-refractivity contribution in [2.75, 3.05) is 6.54 Å². The Morgan fingerprint density at radius 1 is 0.697 bits per heavy atom. The summed E-state index contributed by atoms with van der Waals surface area (Å²) in [6.45, 7) is 2.90. The monoisotopic (exact) mass is 445 g/mol. The zero-order valence-electron chi connectivity index (χ0n) is 20.5. The van der Waals surface area contributed by atoms with Gasteiger partial charge >= 0.3 is 0 Å². The van der Waals surface area contributed by atoms with Crippen LogP contribution in [0.5, 0.6) is 0 Å². The minimum atomic E-state index is 0.141. The molecule has 0 atom stereocenters. The molecule has 0 unspecified atom stereocenters. The second-order valence-electron chi connectivity index (χ2n) is 7.89. The summed E-state index contributed by atoms with van der Waals surface area (Å²) in [5, 5.41) is 3.01. The van der Waals surface area contributed by atoms with E-state index in [-0.39, 0.29) is 5.91 Å². The Hall–Kier alpha value is -2.87. The fourth-order valence-corrected chi connectivity index (χ4v) is 3.11. The molecule has 1 aromatic rings. The van der Waals surface area contributed by atoms with Crippen molar-refractivity contribution in [3.05, 3.63) is 109 Å². The van der Waals surface area contributed by atoms with Gasteiger partial charge in [-0.25, -0.2) is 0 Å². The van der Waals surface area contributed by atoms with E-state index in [4.69, 9.17) is 0 Å². The lowest BCUT2D eigenvalue weighted by Crippen LogP contribution is -2.24. The molecule has 0 aliphatic rings. The minimum absolute atomic E-state index is 0.141. The molecule has 0 heterocycles. The van der Waals surface area contributed by atoms with E-state index in [1.807, 2.05) is 6.07 Å². The highest BCUT2D eigenvalue weighted by Crippen LogP contribution is 2.02. The van der Waals surface area contributed by atoms with Crippen LogP contribution >= 0.6 is 0 Å². The Bertz CT molecular complexity index is 765. The summed E-state index contributed by atoms with van der Waals surface area (Å²) < 4.78 is 0. The van der Waals surface area contributed by atoms with E-state index in [9.17, 15) is 4.79 Å². The van der Waals surface area contributed by atoms with Gasteiger partial charge < -0.3 is 5.32 Å². The van der Waals surface area contributed by atoms with Gasteiger partial charge in [0.15, 0.2) is 0 Å². The van der Waals surface area contributed by atoms with Crippen LogP contribution < -0.4 is 5.32 Å². The van der Waals surface area contributed by atoms with E-state index in [1.54, 1.807) is 0 Å². The normalized spacial score (nSPS) is 12.5. The highest BCUT2D eigenvalue weighted by Gasteiger charge is 1.98. The molecule has 2 nitrogen and oxygen atoms in total. The molecule has 0 aliphatic carbocycles. The quantitative estimate of drug-likeness (QED) is 0.179. The van der Waals surface area contributed by atoms with Crippen molar-refractivity contribution in [3.63, 3.8) is 0 Å². The molecule has 1 N–H and O–H groups in total. The number of hydrogen-bond acceptors (Lipinski definition) is 1. The molecule has 0 fully saturated rings. The van der Waals surface area contributed by atoms with Crippen LogP contribution in [0, 0.1) is 0 Å². The van der Waals surface area contributed by atoms with E-state index in [0.29, 0.717) is 6.42 Å². The Kier molecular flexibility index (Phi) is 19.1. The fraction of sp³-hybridized carbons (Fsp3) is 0.387. The summed E-state index contributed by atoms with van der Waals surface area (Å²) >= 11 is 0. The van der Waals surface area contributed by atoms with Crippen LogP contribution in [-0.4, -0.2) is 12.5 Å². The molecule has 0 aromatic heterocycles. The van der Waals surface area contributed by atoms with Crippen LogP contribution in [0.2, 0.25) is 0 Å². The first-order valence-corrected chi connectivity index (χ1v) is 12.5. The molecule has 1 amide bonds. The lowest BCUT2D eigenvalue weighted by atomic mass is 10.1. The van der Waals surface area contributed by atoms with Crippen molar-refractivity contribution in [2.24, 2.45) is 0 Å². The molecule has 2 heteroatoms. The van der Waals surface area contributed by atoms with Crippen molar-refractivity contribution >= 4 is 5.91 Å². The molecular formula is C31H43NO. The Labute approximate surface area is 202 Å². The number of carbonyl (C=O) groups excluding carboxylic acids is 1. The molecule has 0 saturated carbocycles. The first-order chi connectivity index (χ1) is 16.3. The zero-order valence-corrected chi connectivity index (χ0v) is 20.5. The Morgan fingerprint density at radius 3 is 1.70 bits per heavy atom. The summed E-state index contributed by atoms with van der Waals surface area (Å²) in [6.07, 6.45) is 35.7. The summed E-state index contributed by atoms with van der Waals surface area (Å²) in [4.78, 5) is 11.9. The third-order valence-corrected chi connectivity index (χ3v) is 4.94. The van der Waals surface area contributed by atoms with Gasteiger partial charge in [-0.2, -0.15) is 0 Å². The Morgan fingerprint density at radius 2 is 1.18 bits per heavy atom. The molecule has 0 bridgehead atoms. The number of nitrogens with one attached hydrogen (secondary N) is 1. The van der Waals surface area contributed by atoms with Crippen LogP contribution in [0.1, 0.15) is 70.3 Å². The SMILES string of the molecule is CC/C=C/C/C=C/C/C=C/C/C=C/C/C=C/C/C=C/CCC(=O)NCCCc1ccccc1. The maximum Gasteiger partial charge on any atom is 0.220 e. The number of hydrogen-bond donors (Lipinski definition) is 1. The molecule has 0 spiro atoms. The lowest BCUT2D eigenvalue weighted by molar-refractivity contribution is -0.121. The average Bonchev–Trinajstić information content (AvgIpc) is 2.84. The van der Waals surface area contributed by atoms with Gasteiger partial charge in [0.2, 0.25) is 5.91 Å². The molecule has 33 heavy (non-hydrogen) atoms. The van der Waals surface area contributed by atoms with Gasteiger partial charge in [-0.3, -0.25) is 4.79 Å². The third-order valence-electron chi connectivity index (χ3n) is 4.94. The van der Waals surface area contributed by atoms with Crippen molar-refractivity contribution in [3.8, 4) is 0 Å². The topological polar surface area (TPSA) is 29.1 Å². The van der Waals surface area contributed by atoms with Crippen molar-refractivity contribution in [1.29, 1.82) is 0 Å². The number of amides is 1. The van der Waals surface area contributed by atoms with Crippen molar-refractivity contribution in [2.45, 2.75) is 71.1 Å². The molecule has 1 aromatic carbocycles. The zero-order chi connectivity index (χ0) is 23.7. The minimum Gasteiger partial charge on any atom is -0.356 e. The van der Waals surface area contributed by atoms with E-state index in [1.165, 1.54) is 5.56 Å². The van der Waals surface area contributed by atoms with Gasteiger partial charge in [-0.05, 0) is 63.4 Å². The van der Waals surface area contributed by atoms with Gasteiger partial charge in [0.25, 0.3) is 0 Å². The average molecular weight is 446 g/mol. The first kappa shape index (κ1) is 28.2. The largest absolute Gasteiger partial charge is 0.356 e. The number of benzene rings is 1. The standard InChI is InChI=1S/C31H43NO/c1-2-3-4-5-6-7-8-9-10-11-12-13-14-15-16-17-18-19-23-28-31(33)32-29-24-27-30-25-21-20-22-26-30/h3-4,6-7,9-10,12-13,15-16,18-22,25-26H,2,5,8,11,14,17,23-24,27-29H2,1H3,(H,32,33)/b4-3+,7-6+,10-9+,13-12+,16-15+,19-18+. The third kappa shape index (κ3) is 19.5. The summed E-state index contributed by atoms with van der Waals surface area (Å²) in [6, 6.07) is 10.4. The van der Waals surface area contributed by atoms with E-state index in [0.717, 1.165) is 64.3 Å². The van der Waals surface area contributed by atoms with Gasteiger partial charge in [-0.1, -0.05) is 110 Å². The van der Waals surface area contributed by atoms with Crippen LogP contribution in [0.25, 0.3) is 0 Å². The van der Waals surface area contributed by atoms with Crippen LogP contribution in [0.3, 0.4) is 0 Å². The number of aryl methyl sites for hydroxylation is 1. The van der Waals surface area contributed by atoms with E-state index >= 15 is 0 Å². The summed E-state index contributed by atoms with van der Waals surface area (Å²) in [5.41, 5.74) is 1.32. The van der Waals surface area contributed by atoms with Crippen LogP contribution in [0.4, 0.5) is 0 Å². The van der Waals surface area contributed by atoms with Crippen LogP contribution in [-0.2, 0) is 11.2 Å². The van der Waals surface area contributed by atoms with Crippen LogP contribution in [0.15, 0.2) is 103 Å². The first-order valence-electron chi connectivity index (χ1n) is 12.5. The Balaban J connectivity index is 1.93. The maximum atomic E-state index is 11.9. The molecule has 0 aliphatic heterocycles. The molecule has 178 valence electrons. The van der Waals surface area contributed by atoms with Gasteiger partial charge in [0.05, 0.1) is 0 Å². The number of allylic oxidation sites excluding steroid dienone is 12. The molecule has 1 rings (SSSR count). The maximum absolute atomic E-state index is 11.9.